The number of hydrogen-bond acceptors (Lipinski definition) is 5. The van der Waals surface area contributed by atoms with Crippen LogP contribution in [-0.2, 0) is 9.59 Å². The molecule has 6 nitrogen and oxygen atoms in total. The Hall–Kier alpha value is -2.15. The summed E-state index contributed by atoms with van der Waals surface area (Å²) in [6.07, 6.45) is 4.35. The maximum absolute atomic E-state index is 12.9. The van der Waals surface area contributed by atoms with E-state index in [1.54, 1.807) is 23.2 Å². The molecular formula is C17H20N2O4S. The summed E-state index contributed by atoms with van der Waals surface area (Å²) in [6, 6.07) is 3.26. The van der Waals surface area contributed by atoms with Crippen LogP contribution in [0, 0.1) is 5.92 Å². The zero-order valence-electron chi connectivity index (χ0n) is 13.9. The lowest BCUT2D eigenvalue weighted by Gasteiger charge is -2.27. The molecule has 2 rings (SSSR count). The summed E-state index contributed by atoms with van der Waals surface area (Å²) < 4.78 is 0. The van der Waals surface area contributed by atoms with Crippen molar-refractivity contribution in [2.75, 3.05) is 12.8 Å². The molecule has 128 valence electrons. The number of thioether (sulfide) groups is 1. The van der Waals surface area contributed by atoms with Gasteiger partial charge < -0.3 is 10.0 Å². The Morgan fingerprint density at radius 3 is 2.62 bits per heavy atom. The summed E-state index contributed by atoms with van der Waals surface area (Å²) in [5.74, 6) is -1.61. The Morgan fingerprint density at radius 2 is 2.12 bits per heavy atom. The standard InChI is InChI=1S/C17H20N2O4S/c1-10(2)9-19-16(23)12(7-13(20)21)14(17(19)24-3)15(22)11-5-4-6-18-8-11/h4-6,8,10,17H,7,9H2,1-3H3,(H,20,21)/t17-/m0/s1. The number of hydrogen-bond donors (Lipinski definition) is 1. The van der Waals surface area contributed by atoms with Gasteiger partial charge in [-0.2, -0.15) is 0 Å². The Balaban J connectivity index is 2.50. The zero-order chi connectivity index (χ0) is 17.9. The van der Waals surface area contributed by atoms with Gasteiger partial charge >= 0.3 is 5.97 Å². The maximum atomic E-state index is 12.9. The number of carboxylic acid groups (broad SMARTS) is 1. The summed E-state index contributed by atoms with van der Waals surface area (Å²) in [6.45, 7) is 4.42. The first kappa shape index (κ1) is 18.2. The lowest BCUT2D eigenvalue weighted by Crippen LogP contribution is -2.37. The van der Waals surface area contributed by atoms with Gasteiger partial charge in [0.2, 0.25) is 0 Å². The van der Waals surface area contributed by atoms with Crippen LogP contribution in [0.4, 0.5) is 0 Å². The lowest BCUT2D eigenvalue weighted by molar-refractivity contribution is -0.137. The zero-order valence-corrected chi connectivity index (χ0v) is 14.7. The second-order valence-electron chi connectivity index (χ2n) is 5.97. The highest BCUT2D eigenvalue weighted by atomic mass is 32.2. The number of rotatable bonds is 7. The molecule has 24 heavy (non-hydrogen) atoms. The fourth-order valence-electron chi connectivity index (χ4n) is 2.74. The first-order valence-corrected chi connectivity index (χ1v) is 8.89. The van der Waals surface area contributed by atoms with Gasteiger partial charge in [0.05, 0.1) is 6.42 Å². The first-order chi connectivity index (χ1) is 11.4. The highest BCUT2D eigenvalue weighted by molar-refractivity contribution is 7.99. The molecule has 0 aliphatic carbocycles. The fourth-order valence-corrected chi connectivity index (χ4v) is 3.66. The smallest absolute Gasteiger partial charge is 0.308 e. The van der Waals surface area contributed by atoms with Gasteiger partial charge in [0.1, 0.15) is 5.37 Å². The minimum atomic E-state index is -1.12. The van der Waals surface area contributed by atoms with E-state index >= 15 is 0 Å². The van der Waals surface area contributed by atoms with Crippen LogP contribution in [0.15, 0.2) is 35.7 Å². The van der Waals surface area contributed by atoms with Crippen LogP contribution in [0.25, 0.3) is 0 Å². The monoisotopic (exact) mass is 348 g/mol. The largest absolute Gasteiger partial charge is 0.481 e. The summed E-state index contributed by atoms with van der Waals surface area (Å²) in [5.41, 5.74) is 0.702. The van der Waals surface area contributed by atoms with Crippen LogP contribution < -0.4 is 0 Å². The van der Waals surface area contributed by atoms with Crippen LogP contribution in [-0.4, -0.2) is 50.8 Å². The van der Waals surface area contributed by atoms with Crippen molar-refractivity contribution in [2.24, 2.45) is 5.92 Å². The number of Topliss-reactive ketones (excluding diaryl/α,β-unsaturated/α-hetero) is 1. The third-order valence-electron chi connectivity index (χ3n) is 3.66. The summed E-state index contributed by atoms with van der Waals surface area (Å²) in [5, 5.41) is 8.68. The van der Waals surface area contributed by atoms with E-state index in [0.717, 1.165) is 0 Å². The molecule has 0 saturated carbocycles. The van der Waals surface area contributed by atoms with Gasteiger partial charge in [-0.1, -0.05) is 13.8 Å². The summed E-state index contributed by atoms with van der Waals surface area (Å²) in [4.78, 5) is 42.3. The predicted molar refractivity (Wildman–Crippen MR) is 91.7 cm³/mol. The molecule has 0 radical (unpaired) electrons. The highest BCUT2D eigenvalue weighted by Crippen LogP contribution is 2.36. The van der Waals surface area contributed by atoms with Gasteiger partial charge in [-0.05, 0) is 24.3 Å². The average molecular weight is 348 g/mol. The van der Waals surface area contributed by atoms with E-state index in [-0.39, 0.29) is 28.8 Å². The summed E-state index contributed by atoms with van der Waals surface area (Å²) >= 11 is 1.36. The van der Waals surface area contributed by atoms with Crippen molar-refractivity contribution < 1.29 is 19.5 Å². The molecule has 0 spiro atoms. The number of aromatic nitrogens is 1. The van der Waals surface area contributed by atoms with E-state index in [1.165, 1.54) is 18.0 Å². The van der Waals surface area contributed by atoms with Crippen molar-refractivity contribution in [3.05, 3.63) is 41.2 Å². The van der Waals surface area contributed by atoms with Gasteiger partial charge in [-0.15, -0.1) is 11.8 Å². The van der Waals surface area contributed by atoms with Crippen molar-refractivity contribution in [3.63, 3.8) is 0 Å². The topological polar surface area (TPSA) is 87.6 Å². The molecule has 0 aromatic carbocycles. The van der Waals surface area contributed by atoms with Crippen molar-refractivity contribution in [1.82, 2.24) is 9.88 Å². The second kappa shape index (κ2) is 7.61. The minimum absolute atomic E-state index is 0.0800. The minimum Gasteiger partial charge on any atom is -0.481 e. The third-order valence-corrected chi connectivity index (χ3v) is 4.59. The second-order valence-corrected chi connectivity index (χ2v) is 6.89. The van der Waals surface area contributed by atoms with Crippen molar-refractivity contribution in [2.45, 2.75) is 25.6 Å². The van der Waals surface area contributed by atoms with Crippen LogP contribution in [0.3, 0.4) is 0 Å². The van der Waals surface area contributed by atoms with Crippen LogP contribution in [0.1, 0.15) is 30.6 Å². The Morgan fingerprint density at radius 1 is 1.42 bits per heavy atom. The number of carboxylic acids is 1. The third kappa shape index (κ3) is 3.67. The number of ketones is 1. The van der Waals surface area contributed by atoms with Crippen molar-refractivity contribution >= 4 is 29.4 Å². The number of amides is 1. The van der Waals surface area contributed by atoms with Crippen LogP contribution >= 0.6 is 11.8 Å². The summed E-state index contributed by atoms with van der Waals surface area (Å²) in [7, 11) is 0. The SMILES string of the molecule is CS[C@H]1C(C(=O)c2cccnc2)=C(CC(=O)O)C(=O)N1CC(C)C. The van der Waals surface area contributed by atoms with E-state index in [4.69, 9.17) is 5.11 Å². The van der Waals surface area contributed by atoms with Gasteiger partial charge in [-0.3, -0.25) is 19.4 Å². The molecule has 0 saturated heterocycles. The van der Waals surface area contributed by atoms with Crippen molar-refractivity contribution in [3.8, 4) is 0 Å². The number of aliphatic carboxylic acids is 1. The number of carbonyl (C=O) groups excluding carboxylic acids is 2. The Bertz CT molecular complexity index is 685. The number of carbonyl (C=O) groups is 3. The quantitative estimate of drug-likeness (QED) is 0.760. The molecule has 1 aromatic heterocycles. The lowest BCUT2D eigenvalue weighted by atomic mass is 9.99. The van der Waals surface area contributed by atoms with Gasteiger partial charge in [0, 0.05) is 35.6 Å². The van der Waals surface area contributed by atoms with Crippen LogP contribution in [0.5, 0.6) is 0 Å². The van der Waals surface area contributed by atoms with E-state index in [2.05, 4.69) is 4.98 Å². The normalized spacial score (nSPS) is 17.8. The highest BCUT2D eigenvalue weighted by Gasteiger charge is 2.42. The molecule has 1 aromatic rings. The maximum Gasteiger partial charge on any atom is 0.308 e. The van der Waals surface area contributed by atoms with Crippen LogP contribution in [0.2, 0.25) is 0 Å². The number of nitrogens with zero attached hydrogens (tertiary/aromatic N) is 2. The Labute approximate surface area is 144 Å². The van der Waals surface area contributed by atoms with Gasteiger partial charge in [0.15, 0.2) is 5.78 Å². The van der Waals surface area contributed by atoms with E-state index in [0.29, 0.717) is 12.1 Å². The molecule has 0 fully saturated rings. The van der Waals surface area contributed by atoms with E-state index in [1.807, 2.05) is 20.1 Å². The Kier molecular flexibility index (Phi) is 5.77. The van der Waals surface area contributed by atoms with Crippen molar-refractivity contribution in [1.29, 1.82) is 0 Å². The molecule has 0 bridgehead atoms. The molecule has 1 N–H and O–H groups in total. The first-order valence-electron chi connectivity index (χ1n) is 7.60. The van der Waals surface area contributed by atoms with E-state index in [9.17, 15) is 14.4 Å². The predicted octanol–water partition coefficient (Wildman–Crippen LogP) is 2.22. The molecule has 0 unspecified atom stereocenters. The number of pyridine rings is 1. The molecule has 1 amide bonds. The molecule has 1 aliphatic heterocycles. The molecule has 7 heteroatoms. The van der Waals surface area contributed by atoms with Gasteiger partial charge in [-0.25, -0.2) is 0 Å². The molecular weight excluding hydrogens is 328 g/mol. The fraction of sp³-hybridized carbons (Fsp3) is 0.412. The molecule has 1 atom stereocenters. The van der Waals surface area contributed by atoms with Gasteiger partial charge in [0.25, 0.3) is 5.91 Å². The molecule has 2 heterocycles. The average Bonchev–Trinajstić information content (AvgIpc) is 2.79. The molecule has 1 aliphatic rings. The van der Waals surface area contributed by atoms with E-state index < -0.39 is 17.8 Å².